The third-order valence-electron chi connectivity index (χ3n) is 3.85. The van der Waals surface area contributed by atoms with Gasteiger partial charge >= 0.3 is 0 Å². The van der Waals surface area contributed by atoms with Gasteiger partial charge in [-0.15, -0.1) is 0 Å². The van der Waals surface area contributed by atoms with Crippen LogP contribution in [0.25, 0.3) is 11.0 Å². The van der Waals surface area contributed by atoms with Crippen molar-refractivity contribution in [3.05, 3.63) is 24.3 Å². The van der Waals surface area contributed by atoms with Crippen LogP contribution in [0.1, 0.15) is 12.6 Å². The molecule has 0 aromatic carbocycles. The summed E-state index contributed by atoms with van der Waals surface area (Å²) in [5, 5.41) is 11.1. The fourth-order valence-corrected chi connectivity index (χ4v) is 2.65. The lowest BCUT2D eigenvalue weighted by Gasteiger charge is -2.14. The number of nitrogens with one attached hydrogen (secondary N) is 2. The Morgan fingerprint density at radius 2 is 2.07 bits per heavy atom. The molecular formula is C17H25N9O. The van der Waals surface area contributed by atoms with Crippen LogP contribution in [0.5, 0.6) is 0 Å². The predicted octanol–water partition coefficient (Wildman–Crippen LogP) is 1.18. The van der Waals surface area contributed by atoms with Gasteiger partial charge in [-0.3, -0.25) is 9.67 Å². The van der Waals surface area contributed by atoms with Crippen LogP contribution in [0, 0.1) is 0 Å². The minimum Gasteiger partial charge on any atom is -0.380 e. The molecule has 0 bridgehead atoms. The lowest BCUT2D eigenvalue weighted by Crippen LogP contribution is -2.15. The normalized spacial score (nSPS) is 11.1. The van der Waals surface area contributed by atoms with Crippen LogP contribution in [-0.4, -0.2) is 64.1 Å². The first-order valence-electron chi connectivity index (χ1n) is 8.84. The van der Waals surface area contributed by atoms with Gasteiger partial charge in [0.25, 0.3) is 0 Å². The number of rotatable bonds is 9. The van der Waals surface area contributed by atoms with E-state index in [-0.39, 0.29) is 0 Å². The van der Waals surface area contributed by atoms with E-state index in [1.54, 1.807) is 18.6 Å². The Morgan fingerprint density at radius 3 is 2.74 bits per heavy atom. The molecule has 27 heavy (non-hydrogen) atoms. The summed E-state index contributed by atoms with van der Waals surface area (Å²) in [6, 6.07) is 0. The SMILES string of the molecule is CCOCCn1nc(CNC)c2nc(N(C)C)nc(Nc3cnccn3)c21. The minimum atomic E-state index is 0.562. The Kier molecular flexibility index (Phi) is 6.09. The predicted molar refractivity (Wildman–Crippen MR) is 104 cm³/mol. The second-order valence-corrected chi connectivity index (χ2v) is 6.08. The van der Waals surface area contributed by atoms with Crippen LogP contribution >= 0.6 is 0 Å². The van der Waals surface area contributed by atoms with Crippen molar-refractivity contribution in [1.29, 1.82) is 0 Å². The standard InChI is InChI=1S/C17H25N9O/c1-5-27-9-8-26-15-14(12(24-26)10-18-2)22-17(25(3)4)23-16(15)21-13-11-19-6-7-20-13/h6-7,11,18H,5,8-10H2,1-4H3,(H,20,21,22,23). The lowest BCUT2D eigenvalue weighted by atomic mass is 10.3. The highest BCUT2D eigenvalue weighted by Gasteiger charge is 2.19. The van der Waals surface area contributed by atoms with Gasteiger partial charge in [-0.2, -0.15) is 10.1 Å². The number of anilines is 3. The van der Waals surface area contributed by atoms with Crippen LogP contribution in [0.2, 0.25) is 0 Å². The van der Waals surface area contributed by atoms with Crippen molar-refractivity contribution < 1.29 is 4.74 Å². The number of ether oxygens (including phenoxy) is 1. The summed E-state index contributed by atoms with van der Waals surface area (Å²) in [6.45, 7) is 4.41. The summed E-state index contributed by atoms with van der Waals surface area (Å²) in [6.07, 6.45) is 4.91. The van der Waals surface area contributed by atoms with E-state index in [0.717, 1.165) is 16.7 Å². The van der Waals surface area contributed by atoms with Crippen molar-refractivity contribution in [2.75, 3.05) is 44.6 Å². The van der Waals surface area contributed by atoms with Crippen LogP contribution in [0.4, 0.5) is 17.6 Å². The molecule has 10 heteroatoms. The van der Waals surface area contributed by atoms with Crippen LogP contribution in [0.15, 0.2) is 18.6 Å². The summed E-state index contributed by atoms with van der Waals surface area (Å²) in [4.78, 5) is 19.6. The zero-order valence-electron chi connectivity index (χ0n) is 16.1. The third-order valence-corrected chi connectivity index (χ3v) is 3.85. The number of aromatic nitrogens is 6. The van der Waals surface area contributed by atoms with Gasteiger partial charge in [0.2, 0.25) is 5.95 Å². The first-order chi connectivity index (χ1) is 13.1. The van der Waals surface area contributed by atoms with E-state index in [9.17, 15) is 0 Å². The molecule has 0 spiro atoms. The zero-order chi connectivity index (χ0) is 19.2. The maximum atomic E-state index is 5.51. The monoisotopic (exact) mass is 371 g/mol. The highest BCUT2D eigenvalue weighted by molar-refractivity contribution is 5.90. The molecular weight excluding hydrogens is 346 g/mol. The summed E-state index contributed by atoms with van der Waals surface area (Å²) < 4.78 is 7.39. The maximum Gasteiger partial charge on any atom is 0.227 e. The highest BCUT2D eigenvalue weighted by Crippen LogP contribution is 2.27. The van der Waals surface area contributed by atoms with Crippen molar-refractivity contribution in [1.82, 2.24) is 35.0 Å². The smallest absolute Gasteiger partial charge is 0.227 e. The zero-order valence-corrected chi connectivity index (χ0v) is 16.1. The number of hydrogen-bond donors (Lipinski definition) is 2. The van der Waals surface area contributed by atoms with E-state index < -0.39 is 0 Å². The molecule has 0 radical (unpaired) electrons. The lowest BCUT2D eigenvalue weighted by molar-refractivity contribution is 0.137. The molecule has 10 nitrogen and oxygen atoms in total. The Labute approximate surface area is 158 Å². The Hall–Kier alpha value is -2.85. The van der Waals surface area contributed by atoms with Gasteiger partial charge in [-0.25, -0.2) is 9.97 Å². The molecule has 0 unspecified atom stereocenters. The van der Waals surface area contributed by atoms with E-state index in [4.69, 9.17) is 14.8 Å². The molecule has 0 amide bonds. The quantitative estimate of drug-likeness (QED) is 0.536. The highest BCUT2D eigenvalue weighted by atomic mass is 16.5. The molecule has 144 valence electrons. The van der Waals surface area contributed by atoms with Crippen LogP contribution < -0.4 is 15.5 Å². The van der Waals surface area contributed by atoms with Gasteiger partial charge in [0.15, 0.2) is 5.82 Å². The molecule has 0 aliphatic heterocycles. The summed E-state index contributed by atoms with van der Waals surface area (Å²) in [7, 11) is 5.70. The van der Waals surface area contributed by atoms with Gasteiger partial charge in [0.1, 0.15) is 22.5 Å². The van der Waals surface area contributed by atoms with E-state index >= 15 is 0 Å². The Morgan fingerprint density at radius 1 is 1.22 bits per heavy atom. The van der Waals surface area contributed by atoms with Crippen molar-refractivity contribution in [3.63, 3.8) is 0 Å². The average Bonchev–Trinajstić information content (AvgIpc) is 3.01. The summed E-state index contributed by atoms with van der Waals surface area (Å²) >= 11 is 0. The Bertz CT molecular complexity index is 879. The molecule has 3 aromatic rings. The topological polar surface area (TPSA) is 106 Å². The van der Waals surface area contributed by atoms with Crippen molar-refractivity contribution >= 4 is 28.6 Å². The molecule has 0 fully saturated rings. The first kappa shape index (κ1) is 18.9. The fraction of sp³-hybridized carbons (Fsp3) is 0.471. The largest absolute Gasteiger partial charge is 0.380 e. The van der Waals surface area contributed by atoms with Crippen LogP contribution in [0.3, 0.4) is 0 Å². The van der Waals surface area contributed by atoms with E-state index in [0.29, 0.717) is 43.9 Å². The molecule has 3 rings (SSSR count). The first-order valence-corrected chi connectivity index (χ1v) is 8.84. The third kappa shape index (κ3) is 4.29. The molecule has 0 aliphatic carbocycles. The summed E-state index contributed by atoms with van der Waals surface area (Å²) in [5.41, 5.74) is 2.47. The van der Waals surface area contributed by atoms with Gasteiger partial charge < -0.3 is 20.3 Å². The Balaban J connectivity index is 2.13. The molecule has 0 saturated heterocycles. The minimum absolute atomic E-state index is 0.562. The van der Waals surface area contributed by atoms with E-state index in [1.807, 2.05) is 37.6 Å². The van der Waals surface area contributed by atoms with Crippen molar-refractivity contribution in [2.45, 2.75) is 20.0 Å². The molecule has 3 aromatic heterocycles. The average molecular weight is 371 g/mol. The van der Waals surface area contributed by atoms with Gasteiger partial charge in [0, 0.05) is 39.6 Å². The van der Waals surface area contributed by atoms with Gasteiger partial charge in [-0.05, 0) is 14.0 Å². The second-order valence-electron chi connectivity index (χ2n) is 6.08. The molecule has 0 atom stereocenters. The van der Waals surface area contributed by atoms with Gasteiger partial charge in [-0.1, -0.05) is 0 Å². The van der Waals surface area contributed by atoms with Crippen LogP contribution in [-0.2, 0) is 17.8 Å². The second kappa shape index (κ2) is 8.69. The fourth-order valence-electron chi connectivity index (χ4n) is 2.65. The number of nitrogens with zero attached hydrogens (tertiary/aromatic N) is 7. The molecule has 0 saturated carbocycles. The van der Waals surface area contributed by atoms with E-state index in [1.165, 1.54) is 0 Å². The summed E-state index contributed by atoms with van der Waals surface area (Å²) in [5.74, 6) is 1.83. The van der Waals surface area contributed by atoms with Crippen molar-refractivity contribution in [2.24, 2.45) is 0 Å². The van der Waals surface area contributed by atoms with Crippen molar-refractivity contribution in [3.8, 4) is 0 Å². The van der Waals surface area contributed by atoms with Gasteiger partial charge in [0.05, 0.1) is 19.3 Å². The molecule has 3 heterocycles. The number of fused-ring (bicyclic) bond motifs is 1. The van der Waals surface area contributed by atoms with E-state index in [2.05, 4.69) is 25.6 Å². The number of hydrogen-bond acceptors (Lipinski definition) is 9. The molecule has 2 N–H and O–H groups in total. The molecule has 0 aliphatic rings. The maximum absolute atomic E-state index is 5.51.